The first kappa shape index (κ1) is 16.7. The van der Waals surface area contributed by atoms with E-state index in [4.69, 9.17) is 18.0 Å². The number of carbonyl (C=O) groups excluding carboxylic acids is 1. The van der Waals surface area contributed by atoms with Crippen molar-refractivity contribution in [1.82, 2.24) is 10.3 Å². The fraction of sp³-hybridized carbons (Fsp3) is 0.500. The van der Waals surface area contributed by atoms with Crippen LogP contribution in [-0.4, -0.2) is 22.4 Å². The maximum Gasteiger partial charge on any atom is 0.254 e. The average Bonchev–Trinajstić information content (AvgIpc) is 2.38. The number of alkyl halides is 2. The summed E-state index contributed by atoms with van der Waals surface area (Å²) in [5.41, 5.74) is -0.0681. The van der Waals surface area contributed by atoms with Crippen molar-refractivity contribution in [3.8, 4) is 12.3 Å². The number of hydrogen-bond donors (Lipinski definition) is 1. The standard InChI is InChI=1S/C16H17ClF2N2O/c1-4-15(2,3)21-14(22)12-6-11(17)9-20-13(12)5-10-7-16(18,19)8-10/h1,6,9-10H,5,7-8H2,2-3H3,(H,21,22). The molecule has 1 heterocycles. The molecule has 1 amide bonds. The maximum atomic E-state index is 12.9. The number of pyridine rings is 1. The van der Waals surface area contributed by atoms with E-state index in [1.165, 1.54) is 12.3 Å². The maximum absolute atomic E-state index is 12.9. The summed E-state index contributed by atoms with van der Waals surface area (Å²) in [6, 6.07) is 1.49. The van der Waals surface area contributed by atoms with Gasteiger partial charge in [0.25, 0.3) is 5.91 Å². The third-order valence-corrected chi connectivity index (χ3v) is 3.83. The van der Waals surface area contributed by atoms with Gasteiger partial charge in [-0.3, -0.25) is 9.78 Å². The Labute approximate surface area is 133 Å². The van der Waals surface area contributed by atoms with Crippen molar-refractivity contribution < 1.29 is 13.6 Å². The fourth-order valence-electron chi connectivity index (χ4n) is 2.42. The minimum atomic E-state index is -2.59. The molecule has 6 heteroatoms. The predicted molar refractivity (Wildman–Crippen MR) is 81.0 cm³/mol. The van der Waals surface area contributed by atoms with Crippen LogP contribution in [0, 0.1) is 18.3 Å². The van der Waals surface area contributed by atoms with Gasteiger partial charge in [0.2, 0.25) is 5.92 Å². The summed E-state index contributed by atoms with van der Waals surface area (Å²) in [5, 5.41) is 3.00. The number of amides is 1. The lowest BCUT2D eigenvalue weighted by Gasteiger charge is -2.35. The quantitative estimate of drug-likeness (QED) is 0.861. The topological polar surface area (TPSA) is 42.0 Å². The van der Waals surface area contributed by atoms with Crippen LogP contribution in [0.2, 0.25) is 5.02 Å². The Morgan fingerprint density at radius 1 is 1.59 bits per heavy atom. The first-order valence-electron chi connectivity index (χ1n) is 6.94. The molecule has 1 aromatic rings. The van der Waals surface area contributed by atoms with Crippen molar-refractivity contribution in [2.75, 3.05) is 0 Å². The van der Waals surface area contributed by atoms with Crippen LogP contribution in [0.25, 0.3) is 0 Å². The van der Waals surface area contributed by atoms with Crippen LogP contribution in [0.5, 0.6) is 0 Å². The molecule has 0 radical (unpaired) electrons. The van der Waals surface area contributed by atoms with Crippen LogP contribution < -0.4 is 5.32 Å². The Hall–Kier alpha value is -1.67. The number of nitrogens with one attached hydrogen (secondary N) is 1. The van der Waals surface area contributed by atoms with E-state index in [1.807, 2.05) is 0 Å². The summed E-state index contributed by atoms with van der Waals surface area (Å²) < 4.78 is 25.9. The van der Waals surface area contributed by atoms with Crippen molar-refractivity contribution in [3.05, 3.63) is 28.5 Å². The predicted octanol–water partition coefficient (Wildman–Crippen LogP) is 3.46. The first-order chi connectivity index (χ1) is 10.1. The van der Waals surface area contributed by atoms with Crippen molar-refractivity contribution >= 4 is 17.5 Å². The third-order valence-electron chi connectivity index (χ3n) is 3.63. The molecule has 3 nitrogen and oxygen atoms in total. The number of rotatable bonds is 4. The molecule has 0 atom stereocenters. The smallest absolute Gasteiger partial charge is 0.254 e. The van der Waals surface area contributed by atoms with Gasteiger partial charge < -0.3 is 5.32 Å². The Kier molecular flexibility index (Phi) is 4.44. The zero-order chi connectivity index (χ0) is 16.5. The molecule has 0 saturated heterocycles. The number of hydrogen-bond acceptors (Lipinski definition) is 2. The Bertz CT molecular complexity index is 630. The Morgan fingerprint density at radius 2 is 2.23 bits per heavy atom. The molecule has 1 aromatic heterocycles. The number of aromatic nitrogens is 1. The minimum absolute atomic E-state index is 0.170. The summed E-state index contributed by atoms with van der Waals surface area (Å²) >= 11 is 5.89. The summed E-state index contributed by atoms with van der Waals surface area (Å²) in [7, 11) is 0. The molecule has 1 aliphatic carbocycles. The van der Waals surface area contributed by atoms with Crippen LogP contribution in [0.4, 0.5) is 8.78 Å². The van der Waals surface area contributed by atoms with Crippen LogP contribution >= 0.6 is 11.6 Å². The van der Waals surface area contributed by atoms with E-state index >= 15 is 0 Å². The van der Waals surface area contributed by atoms with E-state index in [1.54, 1.807) is 13.8 Å². The Balaban J connectivity index is 2.18. The summed E-state index contributed by atoms with van der Waals surface area (Å²) in [6.45, 7) is 3.38. The first-order valence-corrected chi connectivity index (χ1v) is 7.32. The molecule has 0 unspecified atom stereocenters. The van der Waals surface area contributed by atoms with E-state index in [0.29, 0.717) is 17.1 Å². The molecule has 1 aliphatic rings. The summed E-state index contributed by atoms with van der Waals surface area (Å²) in [6.07, 6.45) is 6.75. The molecule has 22 heavy (non-hydrogen) atoms. The van der Waals surface area contributed by atoms with Gasteiger partial charge in [-0.2, -0.15) is 0 Å². The van der Waals surface area contributed by atoms with Gasteiger partial charge in [0, 0.05) is 19.0 Å². The molecule has 1 fully saturated rings. The van der Waals surface area contributed by atoms with E-state index in [9.17, 15) is 13.6 Å². The van der Waals surface area contributed by atoms with Gasteiger partial charge in [-0.05, 0) is 32.3 Å². The van der Waals surface area contributed by atoms with E-state index in [2.05, 4.69) is 16.2 Å². The summed E-state index contributed by atoms with van der Waals surface area (Å²) in [4.78, 5) is 16.5. The van der Waals surface area contributed by atoms with Crippen molar-refractivity contribution in [3.63, 3.8) is 0 Å². The zero-order valence-corrected chi connectivity index (χ0v) is 13.2. The summed E-state index contributed by atoms with van der Waals surface area (Å²) in [5.74, 6) is -0.701. The van der Waals surface area contributed by atoms with E-state index < -0.39 is 17.4 Å². The van der Waals surface area contributed by atoms with Crippen molar-refractivity contribution in [2.24, 2.45) is 5.92 Å². The Morgan fingerprint density at radius 3 is 2.77 bits per heavy atom. The molecule has 0 aromatic carbocycles. The zero-order valence-electron chi connectivity index (χ0n) is 12.4. The number of nitrogens with zero attached hydrogens (tertiary/aromatic N) is 1. The second-order valence-corrected chi connectivity index (χ2v) is 6.64. The van der Waals surface area contributed by atoms with Crippen LogP contribution in [0.3, 0.4) is 0 Å². The van der Waals surface area contributed by atoms with Crippen LogP contribution in [0.1, 0.15) is 42.7 Å². The van der Waals surface area contributed by atoms with E-state index in [-0.39, 0.29) is 24.3 Å². The lowest BCUT2D eigenvalue weighted by Crippen LogP contribution is -2.43. The van der Waals surface area contributed by atoms with Gasteiger partial charge in [0.15, 0.2) is 0 Å². The monoisotopic (exact) mass is 326 g/mol. The highest BCUT2D eigenvalue weighted by Crippen LogP contribution is 2.44. The average molecular weight is 327 g/mol. The number of terminal acetylenes is 1. The molecule has 0 aliphatic heterocycles. The minimum Gasteiger partial charge on any atom is -0.336 e. The molecule has 118 valence electrons. The molecular weight excluding hydrogens is 310 g/mol. The number of halogens is 3. The fourth-order valence-corrected chi connectivity index (χ4v) is 2.57. The van der Waals surface area contributed by atoms with Crippen LogP contribution in [0.15, 0.2) is 12.3 Å². The van der Waals surface area contributed by atoms with Gasteiger partial charge >= 0.3 is 0 Å². The van der Waals surface area contributed by atoms with Gasteiger partial charge in [0.1, 0.15) is 0 Å². The SMILES string of the molecule is C#CC(C)(C)NC(=O)c1cc(Cl)cnc1CC1CC(F)(F)C1. The molecular formula is C16H17ClF2N2O. The second-order valence-electron chi connectivity index (χ2n) is 6.21. The molecule has 0 bridgehead atoms. The van der Waals surface area contributed by atoms with Gasteiger partial charge in [-0.15, -0.1) is 6.42 Å². The molecule has 2 rings (SSSR count). The molecule has 1 saturated carbocycles. The highest BCUT2D eigenvalue weighted by molar-refractivity contribution is 6.30. The van der Waals surface area contributed by atoms with Gasteiger partial charge in [-0.1, -0.05) is 17.5 Å². The molecule has 0 spiro atoms. The highest BCUT2D eigenvalue weighted by Gasteiger charge is 2.45. The van der Waals surface area contributed by atoms with Crippen LogP contribution in [-0.2, 0) is 6.42 Å². The second kappa shape index (κ2) is 5.85. The molecule has 1 N–H and O–H groups in total. The van der Waals surface area contributed by atoms with Crippen molar-refractivity contribution in [2.45, 2.75) is 44.6 Å². The third kappa shape index (κ3) is 3.95. The van der Waals surface area contributed by atoms with E-state index in [0.717, 1.165) is 0 Å². The lowest BCUT2D eigenvalue weighted by atomic mass is 9.78. The van der Waals surface area contributed by atoms with Gasteiger partial charge in [-0.25, -0.2) is 8.78 Å². The van der Waals surface area contributed by atoms with Crippen molar-refractivity contribution in [1.29, 1.82) is 0 Å². The normalized spacial score (nSPS) is 17.5. The highest BCUT2D eigenvalue weighted by atomic mass is 35.5. The van der Waals surface area contributed by atoms with Gasteiger partial charge in [0.05, 0.1) is 21.8 Å². The lowest BCUT2D eigenvalue weighted by molar-refractivity contribution is -0.109. The largest absolute Gasteiger partial charge is 0.336 e. The number of carbonyl (C=O) groups is 1.